The Labute approximate surface area is 245 Å². The molecule has 3 heterocycles. The Morgan fingerprint density at radius 1 is 1.24 bits per heavy atom. The zero-order valence-electron chi connectivity index (χ0n) is 23.7. The first-order chi connectivity index (χ1) is 19.8. The highest BCUT2D eigenvalue weighted by Gasteiger charge is 2.27. The van der Waals surface area contributed by atoms with Crippen LogP contribution in [0.2, 0.25) is 5.02 Å². The summed E-state index contributed by atoms with van der Waals surface area (Å²) in [6.45, 7) is 5.35. The Morgan fingerprint density at radius 3 is 2.78 bits per heavy atom. The minimum atomic E-state index is -0.258. The molecule has 0 aliphatic carbocycles. The van der Waals surface area contributed by atoms with E-state index in [1.54, 1.807) is 25.5 Å². The van der Waals surface area contributed by atoms with Crippen molar-refractivity contribution in [2.24, 2.45) is 7.05 Å². The number of halogens is 1. The largest absolute Gasteiger partial charge is 0.494 e. The molecule has 1 aliphatic heterocycles. The van der Waals surface area contributed by atoms with E-state index in [0.29, 0.717) is 39.8 Å². The highest BCUT2D eigenvalue weighted by molar-refractivity contribution is 6.33. The molecule has 0 bridgehead atoms. The van der Waals surface area contributed by atoms with Gasteiger partial charge in [0, 0.05) is 61.0 Å². The maximum absolute atomic E-state index is 12.7. The number of methoxy groups -OCH3 is 1. The lowest BCUT2D eigenvalue weighted by Gasteiger charge is -2.25. The van der Waals surface area contributed by atoms with Gasteiger partial charge in [0.25, 0.3) is 0 Å². The number of likely N-dealkylation sites (N-methyl/N-ethyl adjacent to an activating group) is 1. The third-order valence-corrected chi connectivity index (χ3v) is 7.61. The highest BCUT2D eigenvalue weighted by atomic mass is 35.5. The molecule has 212 valence electrons. The Hall–Kier alpha value is -4.34. The summed E-state index contributed by atoms with van der Waals surface area (Å²) in [5.74, 6) is 0.686. The smallest absolute Gasteiger partial charge is 0.248 e. The Morgan fingerprint density at radius 2 is 2.05 bits per heavy atom. The molecule has 0 radical (unpaired) electrons. The maximum atomic E-state index is 12.7. The van der Waals surface area contributed by atoms with E-state index in [0.717, 1.165) is 41.7 Å². The van der Waals surface area contributed by atoms with Gasteiger partial charge in [-0.3, -0.25) is 4.79 Å². The van der Waals surface area contributed by atoms with Crippen molar-refractivity contribution in [1.82, 2.24) is 19.4 Å². The van der Waals surface area contributed by atoms with Gasteiger partial charge in [0.05, 0.1) is 41.1 Å². The SMILES string of the molecule is C=C/C=C\C(=O)Nc1cc(Nc2ncc(Cl)c(-c3cn(C)c4ccccc34)n2)c(OC)cc1N1CC[C@@H](N(C)C)C1. The lowest BCUT2D eigenvalue weighted by Crippen LogP contribution is -2.31. The van der Waals surface area contributed by atoms with Gasteiger partial charge in [-0.15, -0.1) is 0 Å². The molecule has 4 aromatic rings. The van der Waals surface area contributed by atoms with Crippen LogP contribution in [0.5, 0.6) is 5.75 Å². The van der Waals surface area contributed by atoms with Gasteiger partial charge in [0.15, 0.2) is 0 Å². The Bertz CT molecular complexity index is 1630. The number of carbonyl (C=O) groups is 1. The molecule has 2 N–H and O–H groups in total. The van der Waals surface area contributed by atoms with Crippen LogP contribution in [0.1, 0.15) is 6.42 Å². The average Bonchev–Trinajstić information content (AvgIpc) is 3.59. The number of amides is 1. The van der Waals surface area contributed by atoms with E-state index in [2.05, 4.69) is 52.2 Å². The highest BCUT2D eigenvalue weighted by Crippen LogP contribution is 2.40. The summed E-state index contributed by atoms with van der Waals surface area (Å²) in [4.78, 5) is 26.4. The van der Waals surface area contributed by atoms with Crippen molar-refractivity contribution >= 4 is 51.4 Å². The van der Waals surface area contributed by atoms with Crippen molar-refractivity contribution in [3.8, 4) is 17.0 Å². The predicted molar refractivity (Wildman–Crippen MR) is 168 cm³/mol. The second-order valence-corrected chi connectivity index (χ2v) is 10.6. The van der Waals surface area contributed by atoms with E-state index in [-0.39, 0.29) is 5.91 Å². The van der Waals surface area contributed by atoms with Crippen molar-refractivity contribution < 1.29 is 9.53 Å². The van der Waals surface area contributed by atoms with Crippen LogP contribution in [-0.4, -0.2) is 65.7 Å². The number of ether oxygens (including phenoxy) is 1. The molecule has 1 fully saturated rings. The Kier molecular flexibility index (Phi) is 8.28. The average molecular weight is 572 g/mol. The van der Waals surface area contributed by atoms with Crippen LogP contribution in [0.25, 0.3) is 22.2 Å². The molecular weight excluding hydrogens is 538 g/mol. The van der Waals surface area contributed by atoms with Gasteiger partial charge in [0.2, 0.25) is 11.9 Å². The maximum Gasteiger partial charge on any atom is 0.248 e. The lowest BCUT2D eigenvalue weighted by molar-refractivity contribution is -0.111. The van der Waals surface area contributed by atoms with Crippen LogP contribution in [0.15, 0.2) is 73.6 Å². The number of aryl methyl sites for hydroxylation is 1. The molecule has 41 heavy (non-hydrogen) atoms. The van der Waals surface area contributed by atoms with Crippen LogP contribution >= 0.6 is 11.6 Å². The molecule has 1 aliphatic rings. The fraction of sp³-hybridized carbons (Fsp3) is 0.258. The van der Waals surface area contributed by atoms with E-state index in [4.69, 9.17) is 21.3 Å². The van der Waals surface area contributed by atoms with Crippen molar-refractivity contribution in [2.75, 3.05) is 49.8 Å². The van der Waals surface area contributed by atoms with E-state index < -0.39 is 0 Å². The number of allylic oxidation sites excluding steroid dienone is 2. The number of rotatable bonds is 9. The molecule has 2 aromatic heterocycles. The quantitative estimate of drug-likeness (QED) is 0.192. The van der Waals surface area contributed by atoms with Crippen LogP contribution in [-0.2, 0) is 11.8 Å². The number of nitrogens with zero attached hydrogens (tertiary/aromatic N) is 5. The number of nitrogens with one attached hydrogen (secondary N) is 2. The molecular formula is C31H34ClN7O2. The fourth-order valence-corrected chi connectivity index (χ4v) is 5.37. The lowest BCUT2D eigenvalue weighted by atomic mass is 10.1. The number of para-hydroxylation sites is 1. The summed E-state index contributed by atoms with van der Waals surface area (Å²) < 4.78 is 7.84. The van der Waals surface area contributed by atoms with Crippen molar-refractivity contribution in [1.29, 1.82) is 0 Å². The molecule has 1 saturated heterocycles. The summed E-state index contributed by atoms with van der Waals surface area (Å²) >= 11 is 6.60. The third kappa shape index (κ3) is 5.91. The van der Waals surface area contributed by atoms with Crippen LogP contribution < -0.4 is 20.3 Å². The second kappa shape index (κ2) is 12.0. The van der Waals surface area contributed by atoms with E-state index >= 15 is 0 Å². The normalized spacial score (nSPS) is 15.2. The summed E-state index contributed by atoms with van der Waals surface area (Å²) in [7, 11) is 7.78. The minimum Gasteiger partial charge on any atom is -0.494 e. The van der Waals surface area contributed by atoms with E-state index in [9.17, 15) is 4.79 Å². The molecule has 9 nitrogen and oxygen atoms in total. The number of anilines is 4. The molecule has 2 aromatic carbocycles. The number of hydrogen-bond donors (Lipinski definition) is 2. The topological polar surface area (TPSA) is 87.5 Å². The van der Waals surface area contributed by atoms with E-state index in [1.165, 1.54) is 6.08 Å². The van der Waals surface area contributed by atoms with Crippen LogP contribution in [0.4, 0.5) is 23.0 Å². The van der Waals surface area contributed by atoms with Crippen LogP contribution in [0, 0.1) is 0 Å². The summed E-state index contributed by atoms with van der Waals surface area (Å²) in [5.41, 5.74) is 4.74. The van der Waals surface area contributed by atoms with Gasteiger partial charge < -0.3 is 29.7 Å². The first-order valence-corrected chi connectivity index (χ1v) is 13.7. The predicted octanol–water partition coefficient (Wildman–Crippen LogP) is 5.86. The fourth-order valence-electron chi connectivity index (χ4n) is 5.18. The molecule has 0 saturated carbocycles. The van der Waals surface area contributed by atoms with Crippen molar-refractivity contribution in [3.05, 3.63) is 78.6 Å². The first kappa shape index (κ1) is 28.2. The van der Waals surface area contributed by atoms with Gasteiger partial charge in [-0.1, -0.05) is 48.5 Å². The first-order valence-electron chi connectivity index (χ1n) is 13.4. The van der Waals surface area contributed by atoms with E-state index in [1.807, 2.05) is 48.1 Å². The molecule has 5 rings (SSSR count). The summed E-state index contributed by atoms with van der Waals surface area (Å²) in [6.07, 6.45) is 9.23. The zero-order valence-corrected chi connectivity index (χ0v) is 24.4. The summed E-state index contributed by atoms with van der Waals surface area (Å²) in [6, 6.07) is 12.3. The Balaban J connectivity index is 1.53. The zero-order chi connectivity index (χ0) is 29.1. The van der Waals surface area contributed by atoms with Crippen molar-refractivity contribution in [2.45, 2.75) is 12.5 Å². The van der Waals surface area contributed by atoms with Gasteiger partial charge >= 0.3 is 0 Å². The number of aromatic nitrogens is 3. The molecule has 1 amide bonds. The molecule has 10 heteroatoms. The minimum absolute atomic E-state index is 0.258. The number of benzene rings is 2. The van der Waals surface area contributed by atoms with Gasteiger partial charge in [-0.2, -0.15) is 0 Å². The number of hydrogen-bond acceptors (Lipinski definition) is 7. The van der Waals surface area contributed by atoms with Gasteiger partial charge in [-0.25, -0.2) is 9.97 Å². The number of carbonyl (C=O) groups excluding carboxylic acids is 1. The van der Waals surface area contributed by atoms with Crippen LogP contribution in [0.3, 0.4) is 0 Å². The molecule has 1 atom stereocenters. The molecule has 0 spiro atoms. The van der Waals surface area contributed by atoms with Gasteiger partial charge in [-0.05, 0) is 32.6 Å². The van der Waals surface area contributed by atoms with Gasteiger partial charge in [0.1, 0.15) is 5.75 Å². The third-order valence-electron chi connectivity index (χ3n) is 7.34. The monoisotopic (exact) mass is 571 g/mol. The second-order valence-electron chi connectivity index (χ2n) is 10.2. The molecule has 0 unspecified atom stereocenters. The number of fused-ring (bicyclic) bond motifs is 1. The standard InChI is InChI=1S/C31H34ClN7O2/c1-6-7-12-29(40)34-24-15-25(28(41-5)16-27(24)39-14-13-20(18-39)37(2)3)35-31-33-17-23(32)30(36-31)22-19-38(4)26-11-9-8-10-21(22)26/h6-12,15-17,19-20H,1,13-14,18H2,2-5H3,(H,34,40)(H,33,35,36)/b12-7-/t20-/m1/s1. The summed E-state index contributed by atoms with van der Waals surface area (Å²) in [5, 5.41) is 7.81. The van der Waals surface area contributed by atoms with Crippen molar-refractivity contribution in [3.63, 3.8) is 0 Å².